The molecule has 0 radical (unpaired) electrons. The summed E-state index contributed by atoms with van der Waals surface area (Å²) >= 11 is 0. The summed E-state index contributed by atoms with van der Waals surface area (Å²) in [5, 5.41) is 3.45. The molecule has 2 aromatic rings. The second-order valence-corrected chi connectivity index (χ2v) is 7.26. The van der Waals surface area contributed by atoms with Crippen LogP contribution in [0.2, 0.25) is 0 Å². The molecule has 2 aromatic carbocycles. The molecule has 0 spiro atoms. The van der Waals surface area contributed by atoms with E-state index in [1.54, 1.807) is 0 Å². The monoisotopic (exact) mass is 380 g/mol. The van der Waals surface area contributed by atoms with Gasteiger partial charge in [-0.3, -0.25) is 4.90 Å². The van der Waals surface area contributed by atoms with Crippen molar-refractivity contribution in [1.29, 1.82) is 0 Å². The molecular formula is C24H32N2O2. The van der Waals surface area contributed by atoms with Gasteiger partial charge < -0.3 is 14.8 Å². The van der Waals surface area contributed by atoms with Crippen LogP contribution in [0, 0.1) is 0 Å². The first kappa shape index (κ1) is 20.6. The predicted molar refractivity (Wildman–Crippen MR) is 116 cm³/mol. The number of rotatable bonds is 10. The third-order valence-corrected chi connectivity index (χ3v) is 5.13. The van der Waals surface area contributed by atoms with Gasteiger partial charge >= 0.3 is 0 Å². The van der Waals surface area contributed by atoms with E-state index in [-0.39, 0.29) is 0 Å². The molecule has 1 saturated heterocycles. The topological polar surface area (TPSA) is 33.7 Å². The Morgan fingerprint density at radius 3 is 2.75 bits per heavy atom. The SMILES string of the molecule is CN(CCOc1cccc(CNC/C=C/c2ccccc2)c1)C1CCOCC1. The zero-order valence-electron chi connectivity index (χ0n) is 16.8. The lowest BCUT2D eigenvalue weighted by Crippen LogP contribution is -2.38. The van der Waals surface area contributed by atoms with Gasteiger partial charge in [0.2, 0.25) is 0 Å². The van der Waals surface area contributed by atoms with Gasteiger partial charge in [-0.2, -0.15) is 0 Å². The summed E-state index contributed by atoms with van der Waals surface area (Å²) in [6.07, 6.45) is 6.54. The van der Waals surface area contributed by atoms with Gasteiger partial charge in [-0.15, -0.1) is 0 Å². The lowest BCUT2D eigenvalue weighted by atomic mass is 10.1. The van der Waals surface area contributed by atoms with E-state index in [2.05, 4.69) is 71.9 Å². The Hall–Kier alpha value is -2.14. The van der Waals surface area contributed by atoms with E-state index in [9.17, 15) is 0 Å². The number of likely N-dealkylation sites (N-methyl/N-ethyl adjacent to an activating group) is 1. The van der Waals surface area contributed by atoms with Crippen LogP contribution in [-0.2, 0) is 11.3 Å². The van der Waals surface area contributed by atoms with Crippen molar-refractivity contribution < 1.29 is 9.47 Å². The summed E-state index contributed by atoms with van der Waals surface area (Å²) in [6, 6.07) is 19.3. The molecule has 4 heteroatoms. The lowest BCUT2D eigenvalue weighted by molar-refractivity contribution is 0.0392. The van der Waals surface area contributed by atoms with E-state index < -0.39 is 0 Å². The normalized spacial score (nSPS) is 15.4. The molecule has 150 valence electrons. The second-order valence-electron chi connectivity index (χ2n) is 7.26. The van der Waals surface area contributed by atoms with Crippen LogP contribution in [0.15, 0.2) is 60.7 Å². The minimum absolute atomic E-state index is 0.622. The summed E-state index contributed by atoms with van der Waals surface area (Å²) in [6.45, 7) is 5.09. The average Bonchev–Trinajstić information content (AvgIpc) is 2.75. The van der Waals surface area contributed by atoms with E-state index in [4.69, 9.17) is 9.47 Å². The highest BCUT2D eigenvalue weighted by Gasteiger charge is 2.17. The molecular weight excluding hydrogens is 348 g/mol. The molecule has 0 aromatic heterocycles. The van der Waals surface area contributed by atoms with Crippen molar-refractivity contribution in [3.05, 3.63) is 71.8 Å². The van der Waals surface area contributed by atoms with Crippen molar-refractivity contribution in [1.82, 2.24) is 10.2 Å². The van der Waals surface area contributed by atoms with Crippen molar-refractivity contribution in [3.8, 4) is 5.75 Å². The molecule has 1 aliphatic rings. The maximum absolute atomic E-state index is 5.98. The van der Waals surface area contributed by atoms with E-state index >= 15 is 0 Å². The molecule has 0 atom stereocenters. The van der Waals surface area contributed by atoms with Crippen LogP contribution in [0.3, 0.4) is 0 Å². The van der Waals surface area contributed by atoms with E-state index in [1.807, 2.05) is 12.1 Å². The fourth-order valence-electron chi connectivity index (χ4n) is 3.42. The van der Waals surface area contributed by atoms with Gasteiger partial charge in [0.25, 0.3) is 0 Å². The zero-order chi connectivity index (χ0) is 19.4. The number of nitrogens with one attached hydrogen (secondary N) is 1. The molecule has 1 fully saturated rings. The quantitative estimate of drug-likeness (QED) is 0.632. The Kier molecular flexibility index (Phi) is 8.56. The van der Waals surface area contributed by atoms with Crippen molar-refractivity contribution >= 4 is 6.08 Å². The molecule has 0 bridgehead atoms. The number of benzene rings is 2. The van der Waals surface area contributed by atoms with Gasteiger partial charge in [0, 0.05) is 38.9 Å². The largest absolute Gasteiger partial charge is 0.492 e. The van der Waals surface area contributed by atoms with Crippen LogP contribution in [0.25, 0.3) is 6.08 Å². The highest BCUT2D eigenvalue weighted by atomic mass is 16.5. The van der Waals surface area contributed by atoms with Crippen molar-refractivity contribution in [3.63, 3.8) is 0 Å². The first-order valence-electron chi connectivity index (χ1n) is 10.2. The predicted octanol–water partition coefficient (Wildman–Crippen LogP) is 3.98. The number of nitrogens with zero attached hydrogens (tertiary/aromatic N) is 1. The highest BCUT2D eigenvalue weighted by molar-refractivity contribution is 5.48. The highest BCUT2D eigenvalue weighted by Crippen LogP contribution is 2.15. The van der Waals surface area contributed by atoms with Crippen LogP contribution in [-0.4, -0.2) is 50.9 Å². The summed E-state index contributed by atoms with van der Waals surface area (Å²) in [5.41, 5.74) is 2.47. The van der Waals surface area contributed by atoms with Gasteiger partial charge in [-0.25, -0.2) is 0 Å². The molecule has 0 amide bonds. The molecule has 0 aliphatic carbocycles. The molecule has 1 heterocycles. The third kappa shape index (κ3) is 7.12. The molecule has 3 rings (SSSR count). The second kappa shape index (κ2) is 11.6. The Morgan fingerprint density at radius 1 is 1.11 bits per heavy atom. The smallest absolute Gasteiger partial charge is 0.119 e. The first-order chi connectivity index (χ1) is 13.8. The van der Waals surface area contributed by atoms with Gasteiger partial charge in [0.15, 0.2) is 0 Å². The van der Waals surface area contributed by atoms with Crippen molar-refractivity contribution in [2.75, 3.05) is 40.0 Å². The lowest BCUT2D eigenvalue weighted by Gasteiger charge is -2.31. The van der Waals surface area contributed by atoms with E-state index in [1.165, 1.54) is 11.1 Å². The number of ether oxygens (including phenoxy) is 2. The van der Waals surface area contributed by atoms with Gasteiger partial charge in [0.05, 0.1) is 0 Å². The Balaban J connectivity index is 1.35. The minimum Gasteiger partial charge on any atom is -0.492 e. The Bertz CT molecular complexity index is 712. The maximum atomic E-state index is 5.98. The van der Waals surface area contributed by atoms with Gasteiger partial charge in [-0.05, 0) is 43.1 Å². The fraction of sp³-hybridized carbons (Fsp3) is 0.417. The molecule has 1 N–H and O–H groups in total. The molecule has 0 saturated carbocycles. The van der Waals surface area contributed by atoms with Crippen molar-refractivity contribution in [2.45, 2.75) is 25.4 Å². The summed E-state index contributed by atoms with van der Waals surface area (Å²) in [4.78, 5) is 2.40. The van der Waals surface area contributed by atoms with Gasteiger partial charge in [-0.1, -0.05) is 54.6 Å². The zero-order valence-corrected chi connectivity index (χ0v) is 16.8. The van der Waals surface area contributed by atoms with Crippen LogP contribution >= 0.6 is 0 Å². The number of hydrogen-bond donors (Lipinski definition) is 1. The molecule has 1 aliphatic heterocycles. The van der Waals surface area contributed by atoms with Crippen LogP contribution < -0.4 is 10.1 Å². The summed E-state index contributed by atoms with van der Waals surface area (Å²) in [5.74, 6) is 0.944. The van der Waals surface area contributed by atoms with Crippen LogP contribution in [0.5, 0.6) is 5.75 Å². The molecule has 28 heavy (non-hydrogen) atoms. The fourth-order valence-corrected chi connectivity index (χ4v) is 3.42. The minimum atomic E-state index is 0.622. The summed E-state index contributed by atoms with van der Waals surface area (Å²) < 4.78 is 11.4. The Labute approximate surface area is 169 Å². The first-order valence-corrected chi connectivity index (χ1v) is 10.2. The number of hydrogen-bond acceptors (Lipinski definition) is 4. The van der Waals surface area contributed by atoms with Crippen LogP contribution in [0.1, 0.15) is 24.0 Å². The van der Waals surface area contributed by atoms with Gasteiger partial charge in [0.1, 0.15) is 12.4 Å². The third-order valence-electron chi connectivity index (χ3n) is 5.13. The Morgan fingerprint density at radius 2 is 1.93 bits per heavy atom. The maximum Gasteiger partial charge on any atom is 0.119 e. The van der Waals surface area contributed by atoms with Crippen LogP contribution in [0.4, 0.5) is 0 Å². The average molecular weight is 381 g/mol. The molecule has 4 nitrogen and oxygen atoms in total. The van der Waals surface area contributed by atoms with Crippen molar-refractivity contribution in [2.24, 2.45) is 0 Å². The standard InChI is InChI=1S/C24H32N2O2/c1-26(23-12-16-27-17-13-23)15-18-28-24-11-5-9-22(19-24)20-25-14-6-10-21-7-3-2-4-8-21/h2-11,19,23,25H,12-18,20H2,1H3/b10-6+. The van der Waals surface area contributed by atoms with E-state index in [0.717, 1.165) is 51.4 Å². The van der Waals surface area contributed by atoms with E-state index in [0.29, 0.717) is 12.6 Å². The molecule has 0 unspecified atom stereocenters. The summed E-state index contributed by atoms with van der Waals surface area (Å²) in [7, 11) is 2.18.